The summed E-state index contributed by atoms with van der Waals surface area (Å²) < 4.78 is 28.9. The van der Waals surface area contributed by atoms with E-state index in [9.17, 15) is 14.4 Å². The Labute approximate surface area is 226 Å². The van der Waals surface area contributed by atoms with E-state index in [1.165, 1.54) is 7.11 Å². The zero-order valence-electron chi connectivity index (χ0n) is 23.8. The van der Waals surface area contributed by atoms with Crippen LogP contribution >= 0.6 is 0 Å². The van der Waals surface area contributed by atoms with Gasteiger partial charge in [-0.15, -0.1) is 0 Å². The van der Waals surface area contributed by atoms with Crippen molar-refractivity contribution in [2.24, 2.45) is 11.8 Å². The van der Waals surface area contributed by atoms with Crippen molar-refractivity contribution < 1.29 is 38.1 Å². The fourth-order valence-electron chi connectivity index (χ4n) is 5.90. The SMILES string of the molecule is CNCC(=O)NCCCCC(NC(=O)OC1CC[C@]2(CO2)C([C@]2(C)O[C@@H]2CCC(C)C)C1OC)C(=O)OC. The van der Waals surface area contributed by atoms with Gasteiger partial charge in [-0.3, -0.25) is 4.79 Å². The maximum Gasteiger partial charge on any atom is 0.408 e. The minimum Gasteiger partial charge on any atom is -0.467 e. The van der Waals surface area contributed by atoms with Gasteiger partial charge in [0.1, 0.15) is 29.5 Å². The van der Waals surface area contributed by atoms with Crippen LogP contribution in [0, 0.1) is 11.8 Å². The van der Waals surface area contributed by atoms with Gasteiger partial charge in [0, 0.05) is 13.7 Å². The molecule has 0 bridgehead atoms. The maximum atomic E-state index is 12.9. The summed E-state index contributed by atoms with van der Waals surface area (Å²) in [5.41, 5.74) is -0.683. The lowest BCUT2D eigenvalue weighted by Crippen LogP contribution is -2.56. The Morgan fingerprint density at radius 2 is 1.87 bits per heavy atom. The number of esters is 1. The molecule has 2 aliphatic heterocycles. The largest absolute Gasteiger partial charge is 0.467 e. The summed E-state index contributed by atoms with van der Waals surface area (Å²) in [4.78, 5) is 36.8. The van der Waals surface area contributed by atoms with E-state index in [0.29, 0.717) is 44.8 Å². The molecule has 3 rings (SSSR count). The highest BCUT2D eigenvalue weighted by Gasteiger charge is 2.72. The van der Waals surface area contributed by atoms with Crippen LogP contribution in [0.25, 0.3) is 0 Å². The molecule has 0 aromatic heterocycles. The Morgan fingerprint density at radius 1 is 1.13 bits per heavy atom. The molecular weight excluding hydrogens is 494 g/mol. The minimum atomic E-state index is -0.844. The first-order valence-electron chi connectivity index (χ1n) is 13.9. The number of methoxy groups -OCH3 is 2. The molecule has 7 atom stereocenters. The first-order chi connectivity index (χ1) is 18.1. The molecule has 1 spiro atoms. The van der Waals surface area contributed by atoms with Crippen LogP contribution in [0.1, 0.15) is 65.7 Å². The number of hydrogen-bond donors (Lipinski definition) is 3. The summed E-state index contributed by atoms with van der Waals surface area (Å²) >= 11 is 0. The quantitative estimate of drug-likeness (QED) is 0.161. The van der Waals surface area contributed by atoms with E-state index in [1.807, 2.05) is 0 Å². The van der Waals surface area contributed by atoms with Crippen molar-refractivity contribution in [3.05, 3.63) is 0 Å². The van der Waals surface area contributed by atoms with E-state index < -0.39 is 24.2 Å². The summed E-state index contributed by atoms with van der Waals surface area (Å²) in [6, 6.07) is -0.844. The van der Waals surface area contributed by atoms with Gasteiger partial charge in [-0.25, -0.2) is 9.59 Å². The number of amides is 2. The van der Waals surface area contributed by atoms with Gasteiger partial charge in [-0.1, -0.05) is 13.8 Å². The monoisotopic (exact) mass is 541 g/mol. The highest BCUT2D eigenvalue weighted by molar-refractivity contribution is 5.81. The van der Waals surface area contributed by atoms with E-state index in [1.54, 1.807) is 14.2 Å². The fraction of sp³-hybridized carbons (Fsp3) is 0.889. The summed E-state index contributed by atoms with van der Waals surface area (Å²) in [6.07, 6.45) is 3.62. The van der Waals surface area contributed by atoms with Crippen LogP contribution in [0.4, 0.5) is 4.79 Å². The fourth-order valence-corrected chi connectivity index (χ4v) is 5.90. The molecule has 11 heteroatoms. The van der Waals surface area contributed by atoms with E-state index in [0.717, 1.165) is 19.3 Å². The molecule has 0 radical (unpaired) electrons. The smallest absolute Gasteiger partial charge is 0.408 e. The number of epoxide rings is 2. The second kappa shape index (κ2) is 13.4. The van der Waals surface area contributed by atoms with E-state index in [-0.39, 0.29) is 41.8 Å². The maximum absolute atomic E-state index is 12.9. The zero-order valence-corrected chi connectivity index (χ0v) is 23.8. The lowest BCUT2D eigenvalue weighted by molar-refractivity contribution is -0.143. The Morgan fingerprint density at radius 3 is 2.47 bits per heavy atom. The van der Waals surface area contributed by atoms with Gasteiger partial charge in [0.25, 0.3) is 0 Å². The van der Waals surface area contributed by atoms with Gasteiger partial charge in [-0.2, -0.15) is 0 Å². The highest BCUT2D eigenvalue weighted by atomic mass is 16.6. The lowest BCUT2D eigenvalue weighted by Gasteiger charge is -2.42. The van der Waals surface area contributed by atoms with Crippen molar-refractivity contribution in [2.45, 2.75) is 101 Å². The van der Waals surface area contributed by atoms with Crippen LogP contribution in [0.3, 0.4) is 0 Å². The van der Waals surface area contributed by atoms with Crippen molar-refractivity contribution in [3.63, 3.8) is 0 Å². The molecule has 0 aromatic carbocycles. The second-order valence-electron chi connectivity index (χ2n) is 11.4. The van der Waals surface area contributed by atoms with Gasteiger partial charge >= 0.3 is 12.1 Å². The Kier molecular flexibility index (Phi) is 10.8. The van der Waals surface area contributed by atoms with Crippen molar-refractivity contribution in [1.82, 2.24) is 16.0 Å². The third-order valence-corrected chi connectivity index (χ3v) is 8.12. The van der Waals surface area contributed by atoms with Crippen LogP contribution in [-0.4, -0.2) is 94.5 Å². The molecule has 4 unspecified atom stereocenters. The van der Waals surface area contributed by atoms with Crippen LogP contribution in [0.2, 0.25) is 0 Å². The minimum absolute atomic E-state index is 0.0572. The van der Waals surface area contributed by atoms with Gasteiger partial charge in [0.05, 0.1) is 32.3 Å². The molecule has 2 amide bonds. The summed E-state index contributed by atoms with van der Waals surface area (Å²) in [7, 11) is 4.62. The van der Waals surface area contributed by atoms with Crippen LogP contribution in [0.5, 0.6) is 0 Å². The standard InChI is InChI=1S/C27H47N3O8/c1-17(2)10-11-20-26(3,38-20)23-22(34-5)19(12-13-27(23)16-36-27)37-25(33)30-18(24(32)35-6)9-7-8-14-29-21(31)15-28-4/h17-20,22-23,28H,7-16H2,1-6H3,(H,29,31)(H,30,33)/t18?,19?,20-,22?,23?,26-,27+/m1/s1. The van der Waals surface area contributed by atoms with E-state index >= 15 is 0 Å². The molecule has 3 fully saturated rings. The van der Waals surface area contributed by atoms with Crippen molar-refractivity contribution in [1.29, 1.82) is 0 Å². The lowest BCUT2D eigenvalue weighted by atomic mass is 9.68. The molecule has 1 saturated carbocycles. The average molecular weight is 542 g/mol. The van der Waals surface area contributed by atoms with Gasteiger partial charge in [0.2, 0.25) is 5.91 Å². The number of hydrogen-bond acceptors (Lipinski definition) is 9. The van der Waals surface area contributed by atoms with Crippen molar-refractivity contribution >= 4 is 18.0 Å². The average Bonchev–Trinajstić information content (AvgIpc) is 3.79. The molecule has 3 aliphatic rings. The van der Waals surface area contributed by atoms with Crippen LogP contribution in [-0.2, 0) is 33.3 Å². The van der Waals surface area contributed by atoms with Crippen LogP contribution in [0.15, 0.2) is 0 Å². The molecule has 38 heavy (non-hydrogen) atoms. The van der Waals surface area contributed by atoms with Gasteiger partial charge in [0.15, 0.2) is 0 Å². The molecule has 2 heterocycles. The molecule has 3 N–H and O–H groups in total. The Hall–Kier alpha value is -1.95. The number of nitrogens with one attached hydrogen (secondary N) is 3. The number of unbranched alkanes of at least 4 members (excludes halogenated alkanes) is 1. The third kappa shape index (κ3) is 7.58. The summed E-state index contributed by atoms with van der Waals surface area (Å²) in [5.74, 6) is -0.0903. The van der Waals surface area contributed by atoms with Crippen molar-refractivity contribution in [2.75, 3.05) is 41.0 Å². The van der Waals surface area contributed by atoms with Crippen LogP contribution < -0.4 is 16.0 Å². The van der Waals surface area contributed by atoms with E-state index in [4.69, 9.17) is 23.7 Å². The summed E-state index contributed by atoms with van der Waals surface area (Å²) in [5, 5.41) is 8.26. The normalized spacial score (nSPS) is 32.5. The molecular formula is C27H47N3O8. The highest BCUT2D eigenvalue weighted by Crippen LogP contribution is 2.59. The molecule has 0 aromatic rings. The molecule has 11 nitrogen and oxygen atoms in total. The van der Waals surface area contributed by atoms with Gasteiger partial charge < -0.3 is 39.6 Å². The Balaban J connectivity index is 1.55. The number of rotatable bonds is 15. The third-order valence-electron chi connectivity index (χ3n) is 8.12. The first-order valence-corrected chi connectivity index (χ1v) is 13.9. The topological polar surface area (TPSA) is 140 Å². The number of carbonyl (C=O) groups is 3. The number of ether oxygens (including phenoxy) is 5. The number of carbonyl (C=O) groups excluding carboxylic acids is 3. The van der Waals surface area contributed by atoms with E-state index in [2.05, 4.69) is 36.7 Å². The molecule has 2 saturated heterocycles. The Bertz CT molecular complexity index is 820. The number of likely N-dealkylation sites (N-methyl/N-ethyl adjacent to an activating group) is 1. The zero-order chi connectivity index (χ0) is 27.9. The first kappa shape index (κ1) is 30.6. The predicted molar refractivity (Wildman–Crippen MR) is 140 cm³/mol. The molecule has 1 aliphatic carbocycles. The second-order valence-corrected chi connectivity index (χ2v) is 11.4. The van der Waals surface area contributed by atoms with Gasteiger partial charge in [-0.05, 0) is 64.8 Å². The summed E-state index contributed by atoms with van der Waals surface area (Å²) in [6.45, 7) is 7.93. The number of alkyl carbamates (subject to hydrolysis) is 1. The predicted octanol–water partition coefficient (Wildman–Crippen LogP) is 1.92. The molecule has 218 valence electrons. The van der Waals surface area contributed by atoms with Crippen molar-refractivity contribution in [3.8, 4) is 0 Å².